The van der Waals surface area contributed by atoms with Crippen LogP contribution < -0.4 is 5.32 Å². The molecule has 1 N–H and O–H groups in total. The van der Waals surface area contributed by atoms with Crippen molar-refractivity contribution in [3.63, 3.8) is 0 Å². The van der Waals surface area contributed by atoms with E-state index in [1.54, 1.807) is 6.20 Å². The van der Waals surface area contributed by atoms with Gasteiger partial charge in [-0.3, -0.25) is 0 Å². The van der Waals surface area contributed by atoms with E-state index in [1.807, 2.05) is 25.1 Å². The molecule has 1 unspecified atom stereocenters. The van der Waals surface area contributed by atoms with E-state index in [9.17, 15) is 0 Å². The van der Waals surface area contributed by atoms with Crippen molar-refractivity contribution < 1.29 is 4.74 Å². The van der Waals surface area contributed by atoms with E-state index in [-0.39, 0.29) is 11.6 Å². The van der Waals surface area contributed by atoms with Crippen LogP contribution in [0.4, 0.5) is 0 Å². The molecule has 1 saturated heterocycles. The highest BCUT2D eigenvalue weighted by molar-refractivity contribution is 6.31. The Morgan fingerprint density at radius 3 is 2.82 bits per heavy atom. The van der Waals surface area contributed by atoms with Crippen LogP contribution in [-0.2, 0) is 4.74 Å². The van der Waals surface area contributed by atoms with Crippen LogP contribution in [0.2, 0.25) is 5.02 Å². The zero-order valence-electron chi connectivity index (χ0n) is 13.1. The lowest BCUT2D eigenvalue weighted by Crippen LogP contribution is -2.47. The Kier molecular flexibility index (Phi) is 4.17. The Morgan fingerprint density at radius 1 is 1.32 bits per heavy atom. The van der Waals surface area contributed by atoms with Gasteiger partial charge in [0.15, 0.2) is 0 Å². The van der Waals surface area contributed by atoms with Crippen molar-refractivity contribution in [1.29, 1.82) is 0 Å². The fourth-order valence-corrected chi connectivity index (χ4v) is 2.82. The Balaban J connectivity index is 1.91. The van der Waals surface area contributed by atoms with Crippen LogP contribution in [0, 0.1) is 6.92 Å². The summed E-state index contributed by atoms with van der Waals surface area (Å²) in [6.07, 6.45) is 1.77. The number of hydrogen-bond acceptors (Lipinski definition) is 4. The van der Waals surface area contributed by atoms with Crippen molar-refractivity contribution in [3.05, 3.63) is 46.9 Å². The molecule has 1 aliphatic rings. The molecular weight excluding hydrogens is 298 g/mol. The molecule has 0 saturated carbocycles. The van der Waals surface area contributed by atoms with Gasteiger partial charge in [0.1, 0.15) is 5.82 Å². The molecule has 5 heteroatoms. The minimum Gasteiger partial charge on any atom is -0.372 e. The van der Waals surface area contributed by atoms with Gasteiger partial charge in [-0.25, -0.2) is 9.97 Å². The van der Waals surface area contributed by atoms with E-state index in [1.165, 1.54) is 0 Å². The second-order valence-corrected chi connectivity index (χ2v) is 6.70. The normalized spacial score (nSPS) is 20.8. The van der Waals surface area contributed by atoms with Crippen molar-refractivity contribution in [2.45, 2.75) is 32.4 Å². The van der Waals surface area contributed by atoms with Crippen molar-refractivity contribution in [2.75, 3.05) is 13.2 Å². The van der Waals surface area contributed by atoms with Crippen molar-refractivity contribution in [3.8, 4) is 11.3 Å². The minimum absolute atomic E-state index is 0.123. The fourth-order valence-electron chi connectivity index (χ4n) is 2.58. The Morgan fingerprint density at radius 2 is 2.14 bits per heavy atom. The summed E-state index contributed by atoms with van der Waals surface area (Å²) in [5.74, 6) is 0.750. The molecule has 2 aromatic rings. The van der Waals surface area contributed by atoms with Crippen LogP contribution in [0.15, 0.2) is 30.5 Å². The first-order valence-corrected chi connectivity index (χ1v) is 7.79. The van der Waals surface area contributed by atoms with Gasteiger partial charge in [-0.15, -0.1) is 0 Å². The van der Waals surface area contributed by atoms with Crippen LogP contribution in [0.5, 0.6) is 0 Å². The highest BCUT2D eigenvalue weighted by Gasteiger charge is 2.28. The fraction of sp³-hybridized carbons (Fsp3) is 0.412. The standard InChI is InChI=1S/C17H20ClN3O/c1-11-19-5-4-15(21-11)12-6-13(8-14(18)7-12)16-9-22-17(2,3)10-20-16/h4-8,16,20H,9-10H2,1-3H3. The van der Waals surface area contributed by atoms with Gasteiger partial charge in [0.05, 0.1) is 23.9 Å². The zero-order valence-corrected chi connectivity index (χ0v) is 13.8. The number of aryl methyl sites for hydroxylation is 1. The molecule has 1 aliphatic heterocycles. The number of nitrogens with one attached hydrogen (secondary N) is 1. The molecule has 0 spiro atoms. The van der Waals surface area contributed by atoms with Crippen LogP contribution in [0.3, 0.4) is 0 Å². The predicted octanol–water partition coefficient (Wildman–Crippen LogP) is 3.54. The topological polar surface area (TPSA) is 47.0 Å². The second kappa shape index (κ2) is 5.95. The molecule has 1 fully saturated rings. The Hall–Kier alpha value is -1.49. The molecule has 0 amide bonds. The molecule has 2 heterocycles. The molecule has 1 aromatic carbocycles. The van der Waals surface area contributed by atoms with Gasteiger partial charge in [0.2, 0.25) is 0 Å². The smallest absolute Gasteiger partial charge is 0.125 e. The SMILES string of the molecule is Cc1nccc(-c2cc(Cl)cc(C3COC(C)(C)CN3)c2)n1. The predicted molar refractivity (Wildman–Crippen MR) is 88.0 cm³/mol. The molecule has 0 aliphatic carbocycles. The molecule has 0 bridgehead atoms. The number of benzene rings is 1. The van der Waals surface area contributed by atoms with Crippen LogP contribution in [0.25, 0.3) is 11.3 Å². The molecule has 3 rings (SSSR count). The van der Waals surface area contributed by atoms with Gasteiger partial charge >= 0.3 is 0 Å². The van der Waals surface area contributed by atoms with E-state index < -0.39 is 0 Å². The molecular formula is C17H20ClN3O. The first kappa shape index (κ1) is 15.4. The lowest BCUT2D eigenvalue weighted by molar-refractivity contribution is -0.0586. The Labute approximate surface area is 135 Å². The van der Waals surface area contributed by atoms with Crippen LogP contribution >= 0.6 is 11.6 Å². The van der Waals surface area contributed by atoms with E-state index in [0.717, 1.165) is 29.2 Å². The first-order valence-electron chi connectivity index (χ1n) is 7.41. The number of nitrogens with zero attached hydrogens (tertiary/aromatic N) is 2. The van der Waals surface area contributed by atoms with Crippen molar-refractivity contribution >= 4 is 11.6 Å². The maximum atomic E-state index is 6.30. The van der Waals surface area contributed by atoms with E-state index in [4.69, 9.17) is 16.3 Å². The average molecular weight is 318 g/mol. The molecule has 22 heavy (non-hydrogen) atoms. The minimum atomic E-state index is -0.123. The second-order valence-electron chi connectivity index (χ2n) is 6.27. The van der Waals surface area contributed by atoms with Crippen LogP contribution in [0.1, 0.15) is 31.3 Å². The van der Waals surface area contributed by atoms with E-state index in [2.05, 4.69) is 35.2 Å². The van der Waals surface area contributed by atoms with Gasteiger partial charge in [-0.2, -0.15) is 0 Å². The number of rotatable bonds is 2. The van der Waals surface area contributed by atoms with Gasteiger partial charge in [-0.05, 0) is 50.6 Å². The average Bonchev–Trinajstić information content (AvgIpc) is 2.46. The highest BCUT2D eigenvalue weighted by atomic mass is 35.5. The third-order valence-corrected chi connectivity index (χ3v) is 4.03. The van der Waals surface area contributed by atoms with Gasteiger partial charge < -0.3 is 10.1 Å². The highest BCUT2D eigenvalue weighted by Crippen LogP contribution is 2.29. The van der Waals surface area contributed by atoms with E-state index >= 15 is 0 Å². The largest absolute Gasteiger partial charge is 0.372 e. The Bertz CT molecular complexity index is 677. The lowest BCUT2D eigenvalue weighted by Gasteiger charge is -2.36. The summed E-state index contributed by atoms with van der Waals surface area (Å²) in [5.41, 5.74) is 2.88. The summed E-state index contributed by atoms with van der Waals surface area (Å²) >= 11 is 6.30. The number of ether oxygens (including phenoxy) is 1. The number of morpholine rings is 1. The molecule has 1 aromatic heterocycles. The van der Waals surface area contributed by atoms with Crippen molar-refractivity contribution in [1.82, 2.24) is 15.3 Å². The maximum absolute atomic E-state index is 6.30. The molecule has 0 radical (unpaired) electrons. The number of halogens is 1. The van der Waals surface area contributed by atoms with E-state index in [0.29, 0.717) is 11.6 Å². The number of hydrogen-bond donors (Lipinski definition) is 1. The monoisotopic (exact) mass is 317 g/mol. The number of aromatic nitrogens is 2. The van der Waals surface area contributed by atoms with Crippen LogP contribution in [-0.4, -0.2) is 28.7 Å². The van der Waals surface area contributed by atoms with Gasteiger partial charge in [-0.1, -0.05) is 11.6 Å². The summed E-state index contributed by atoms with van der Waals surface area (Å²) in [6, 6.07) is 8.08. The lowest BCUT2D eigenvalue weighted by atomic mass is 9.99. The first-order chi connectivity index (χ1) is 10.4. The molecule has 1 atom stereocenters. The third-order valence-electron chi connectivity index (χ3n) is 3.81. The van der Waals surface area contributed by atoms with Crippen molar-refractivity contribution in [2.24, 2.45) is 0 Å². The summed E-state index contributed by atoms with van der Waals surface area (Å²) in [4.78, 5) is 8.61. The summed E-state index contributed by atoms with van der Waals surface area (Å²) in [5, 5.41) is 4.23. The maximum Gasteiger partial charge on any atom is 0.125 e. The third kappa shape index (κ3) is 3.46. The van der Waals surface area contributed by atoms with Gasteiger partial charge in [0, 0.05) is 23.3 Å². The molecule has 4 nitrogen and oxygen atoms in total. The summed E-state index contributed by atoms with van der Waals surface area (Å²) in [6.45, 7) is 7.50. The summed E-state index contributed by atoms with van der Waals surface area (Å²) < 4.78 is 5.91. The zero-order chi connectivity index (χ0) is 15.7. The quantitative estimate of drug-likeness (QED) is 0.920. The van der Waals surface area contributed by atoms with Gasteiger partial charge in [0.25, 0.3) is 0 Å². The summed E-state index contributed by atoms with van der Waals surface area (Å²) in [7, 11) is 0. The molecule has 116 valence electrons.